The molecule has 0 aromatic rings. The minimum Gasteiger partial charge on any atom is -0.236 e. The summed E-state index contributed by atoms with van der Waals surface area (Å²) in [7, 11) is 1.59. The van der Waals surface area contributed by atoms with E-state index in [0.29, 0.717) is 12.1 Å². The maximum Gasteiger partial charge on any atom is 0.0185 e. The fourth-order valence-corrected chi connectivity index (χ4v) is 3.06. The van der Waals surface area contributed by atoms with Gasteiger partial charge >= 0.3 is 0 Å². The lowest BCUT2D eigenvalue weighted by atomic mass is 10.0. The molecule has 1 fully saturated rings. The SMILES string of the molecule is CC1CCCC(C)N1SS. The van der Waals surface area contributed by atoms with E-state index in [9.17, 15) is 0 Å². The van der Waals surface area contributed by atoms with Gasteiger partial charge in [0.1, 0.15) is 0 Å². The van der Waals surface area contributed by atoms with Gasteiger partial charge in [0.15, 0.2) is 0 Å². The number of piperidine rings is 1. The lowest BCUT2D eigenvalue weighted by Gasteiger charge is -2.36. The highest BCUT2D eigenvalue weighted by atomic mass is 33.1. The topological polar surface area (TPSA) is 3.24 Å². The molecule has 2 unspecified atom stereocenters. The van der Waals surface area contributed by atoms with Crippen LogP contribution in [-0.4, -0.2) is 16.4 Å². The summed E-state index contributed by atoms with van der Waals surface area (Å²) in [5.41, 5.74) is 0. The zero-order valence-electron chi connectivity index (χ0n) is 6.58. The van der Waals surface area contributed by atoms with Crippen LogP contribution in [0.25, 0.3) is 0 Å². The lowest BCUT2D eigenvalue weighted by molar-refractivity contribution is 0.225. The van der Waals surface area contributed by atoms with Gasteiger partial charge in [0.25, 0.3) is 0 Å². The molecule has 1 aliphatic heterocycles. The van der Waals surface area contributed by atoms with Crippen LogP contribution in [0.5, 0.6) is 0 Å². The van der Waals surface area contributed by atoms with Gasteiger partial charge < -0.3 is 0 Å². The average Bonchev–Trinajstić information content (AvgIpc) is 1.88. The minimum absolute atomic E-state index is 0.714. The number of nitrogens with zero attached hydrogens (tertiary/aromatic N) is 1. The summed E-state index contributed by atoms with van der Waals surface area (Å²) in [5.74, 6) is 0. The van der Waals surface area contributed by atoms with E-state index in [-0.39, 0.29) is 0 Å². The maximum atomic E-state index is 4.22. The first kappa shape index (κ1) is 8.75. The van der Waals surface area contributed by atoms with Gasteiger partial charge in [-0.15, -0.1) is 0 Å². The van der Waals surface area contributed by atoms with Gasteiger partial charge in [0, 0.05) is 12.1 Å². The molecule has 60 valence electrons. The van der Waals surface area contributed by atoms with Crippen LogP contribution in [0.3, 0.4) is 0 Å². The van der Waals surface area contributed by atoms with Crippen LogP contribution in [0.15, 0.2) is 0 Å². The van der Waals surface area contributed by atoms with Crippen LogP contribution >= 0.6 is 22.6 Å². The van der Waals surface area contributed by atoms with Gasteiger partial charge in [-0.05, 0) is 37.7 Å². The van der Waals surface area contributed by atoms with Crippen molar-refractivity contribution in [3.05, 3.63) is 0 Å². The lowest BCUT2D eigenvalue weighted by Crippen LogP contribution is -2.37. The Labute approximate surface area is 72.5 Å². The molecule has 0 saturated carbocycles. The Balaban J connectivity index is 2.45. The van der Waals surface area contributed by atoms with Crippen LogP contribution < -0.4 is 0 Å². The third kappa shape index (κ3) is 1.83. The highest BCUT2D eigenvalue weighted by Gasteiger charge is 2.23. The predicted molar refractivity (Wildman–Crippen MR) is 51.2 cm³/mol. The third-order valence-electron chi connectivity index (χ3n) is 2.21. The fourth-order valence-electron chi connectivity index (χ4n) is 1.56. The van der Waals surface area contributed by atoms with Crippen LogP contribution in [-0.2, 0) is 0 Å². The summed E-state index contributed by atoms with van der Waals surface area (Å²) in [6, 6.07) is 1.43. The van der Waals surface area contributed by atoms with Crippen molar-refractivity contribution in [3.8, 4) is 0 Å². The monoisotopic (exact) mass is 177 g/mol. The number of hydrogen-bond donors (Lipinski definition) is 1. The number of rotatable bonds is 1. The molecule has 0 amide bonds. The Bertz CT molecular complexity index is 97.8. The molecule has 0 aromatic carbocycles. The summed E-state index contributed by atoms with van der Waals surface area (Å²) >= 11 is 4.22. The van der Waals surface area contributed by atoms with E-state index in [4.69, 9.17) is 0 Å². The van der Waals surface area contributed by atoms with Crippen LogP contribution in [0.4, 0.5) is 0 Å². The number of hydrogen-bond acceptors (Lipinski definition) is 3. The molecule has 0 bridgehead atoms. The van der Waals surface area contributed by atoms with Crippen molar-refractivity contribution < 1.29 is 0 Å². The first-order chi connectivity index (χ1) is 4.75. The summed E-state index contributed by atoms with van der Waals surface area (Å²) in [6.07, 6.45) is 4.04. The van der Waals surface area contributed by atoms with E-state index < -0.39 is 0 Å². The Morgan fingerprint density at radius 1 is 1.30 bits per heavy atom. The van der Waals surface area contributed by atoms with Crippen molar-refractivity contribution in [3.63, 3.8) is 0 Å². The molecule has 0 N–H and O–H groups in total. The number of thiol groups is 1. The zero-order chi connectivity index (χ0) is 7.56. The quantitative estimate of drug-likeness (QED) is 0.373. The Hall–Kier alpha value is 0.660. The molecule has 1 aliphatic rings. The third-order valence-corrected chi connectivity index (χ3v) is 3.68. The van der Waals surface area contributed by atoms with Crippen molar-refractivity contribution in [1.82, 2.24) is 4.31 Å². The van der Waals surface area contributed by atoms with Gasteiger partial charge in [-0.3, -0.25) is 0 Å². The average molecular weight is 177 g/mol. The van der Waals surface area contributed by atoms with Crippen molar-refractivity contribution in [2.24, 2.45) is 0 Å². The molecule has 0 aliphatic carbocycles. The van der Waals surface area contributed by atoms with Gasteiger partial charge in [-0.2, -0.15) is 0 Å². The largest absolute Gasteiger partial charge is 0.236 e. The van der Waals surface area contributed by atoms with Crippen LogP contribution in [0.2, 0.25) is 0 Å². The molecule has 10 heavy (non-hydrogen) atoms. The minimum atomic E-state index is 0.714. The highest BCUT2D eigenvalue weighted by Crippen LogP contribution is 2.30. The molecule has 0 aromatic heterocycles. The second-order valence-electron chi connectivity index (χ2n) is 3.07. The molecule has 1 saturated heterocycles. The van der Waals surface area contributed by atoms with E-state index in [1.54, 1.807) is 11.0 Å². The van der Waals surface area contributed by atoms with E-state index >= 15 is 0 Å². The van der Waals surface area contributed by atoms with Crippen LogP contribution in [0, 0.1) is 0 Å². The van der Waals surface area contributed by atoms with Crippen molar-refractivity contribution in [2.75, 3.05) is 0 Å². The van der Waals surface area contributed by atoms with E-state index in [2.05, 4.69) is 29.8 Å². The smallest absolute Gasteiger partial charge is 0.0185 e. The van der Waals surface area contributed by atoms with Gasteiger partial charge in [-0.25, -0.2) is 4.31 Å². The molecule has 2 atom stereocenters. The zero-order valence-corrected chi connectivity index (χ0v) is 8.29. The van der Waals surface area contributed by atoms with Gasteiger partial charge in [0.05, 0.1) is 0 Å². The molecule has 1 heterocycles. The molecular formula is C7H15NS2. The Morgan fingerprint density at radius 2 is 1.80 bits per heavy atom. The van der Waals surface area contributed by atoms with Gasteiger partial charge in [0.2, 0.25) is 0 Å². The van der Waals surface area contributed by atoms with Crippen molar-refractivity contribution in [1.29, 1.82) is 0 Å². The van der Waals surface area contributed by atoms with Crippen LogP contribution in [0.1, 0.15) is 33.1 Å². The predicted octanol–water partition coefficient (Wildman–Crippen LogP) is 2.74. The van der Waals surface area contributed by atoms with Crippen molar-refractivity contribution in [2.45, 2.75) is 45.2 Å². The maximum absolute atomic E-state index is 4.22. The van der Waals surface area contributed by atoms with Crippen molar-refractivity contribution >= 4 is 22.6 Å². The fraction of sp³-hybridized carbons (Fsp3) is 1.00. The molecular weight excluding hydrogens is 162 g/mol. The molecule has 3 heteroatoms. The normalized spacial score (nSPS) is 36.3. The first-order valence-corrected chi connectivity index (χ1v) is 5.68. The molecule has 0 radical (unpaired) electrons. The summed E-state index contributed by atoms with van der Waals surface area (Å²) < 4.78 is 2.38. The summed E-state index contributed by atoms with van der Waals surface area (Å²) in [5, 5.41) is 0. The summed E-state index contributed by atoms with van der Waals surface area (Å²) in [6.45, 7) is 4.55. The van der Waals surface area contributed by atoms with E-state index in [1.807, 2.05) is 0 Å². The highest BCUT2D eigenvalue weighted by molar-refractivity contribution is 8.67. The second-order valence-corrected chi connectivity index (χ2v) is 4.15. The first-order valence-electron chi connectivity index (χ1n) is 3.85. The Kier molecular flexibility index (Phi) is 3.40. The van der Waals surface area contributed by atoms with E-state index in [1.165, 1.54) is 19.3 Å². The standard InChI is InChI=1S/C7H15NS2/c1-6-4-3-5-7(2)8(6)10-9/h6-7,9H,3-5H2,1-2H3. The molecule has 1 nitrogen and oxygen atoms in total. The second kappa shape index (κ2) is 3.88. The van der Waals surface area contributed by atoms with Gasteiger partial charge in [-0.1, -0.05) is 18.1 Å². The summed E-state index contributed by atoms with van der Waals surface area (Å²) in [4.78, 5) is 0. The molecule has 1 rings (SSSR count). The molecule has 0 spiro atoms. The Morgan fingerprint density at radius 3 is 2.10 bits per heavy atom. The van der Waals surface area contributed by atoms with E-state index in [0.717, 1.165) is 0 Å².